The fourth-order valence-electron chi connectivity index (χ4n) is 5.22. The van der Waals surface area contributed by atoms with Gasteiger partial charge in [-0.15, -0.1) is 0 Å². The number of methoxy groups -OCH3 is 1. The van der Waals surface area contributed by atoms with Gasteiger partial charge in [-0.25, -0.2) is 9.37 Å². The SMILES string of the molecule is CCOc1cc(C)c(-c2nc3ccccc3c(=O)n2N=Cc2cc(OC)c(OCC(=O)Nc3cccc(F)c3)c([N+](=O)[O-])c2)cc1C(C)C. The predicted octanol–water partition coefficient (Wildman–Crippen LogP) is 6.85. The number of halogens is 1. The number of carbonyl (C=O) groups excluding carboxylic acids is 1. The van der Waals surface area contributed by atoms with Crippen molar-refractivity contribution >= 4 is 34.4 Å². The number of anilines is 1. The van der Waals surface area contributed by atoms with Gasteiger partial charge in [0.05, 0.1) is 35.8 Å². The van der Waals surface area contributed by atoms with Gasteiger partial charge in [0.25, 0.3) is 11.5 Å². The molecule has 5 aromatic rings. The number of fused-ring (bicyclic) bond motifs is 1. The summed E-state index contributed by atoms with van der Waals surface area (Å²) in [4.78, 5) is 42.6. The average Bonchev–Trinajstić information content (AvgIpc) is 3.06. The summed E-state index contributed by atoms with van der Waals surface area (Å²) in [6, 6.07) is 18.6. The molecule has 1 amide bonds. The lowest BCUT2D eigenvalue weighted by atomic mass is 9.96. The first-order chi connectivity index (χ1) is 23.5. The third-order valence-corrected chi connectivity index (χ3v) is 7.53. The first kappa shape index (κ1) is 34.2. The number of ether oxygens (including phenoxy) is 3. The Morgan fingerprint density at radius 1 is 1.08 bits per heavy atom. The van der Waals surface area contributed by atoms with Crippen LogP contribution in [-0.4, -0.2) is 47.0 Å². The van der Waals surface area contributed by atoms with Crippen molar-refractivity contribution in [1.29, 1.82) is 0 Å². The van der Waals surface area contributed by atoms with Gasteiger partial charge in [-0.1, -0.05) is 32.0 Å². The van der Waals surface area contributed by atoms with Gasteiger partial charge in [-0.05, 0) is 79.4 Å². The molecule has 0 saturated carbocycles. The number of rotatable bonds is 12. The number of nitro groups is 1. The summed E-state index contributed by atoms with van der Waals surface area (Å²) in [7, 11) is 1.29. The smallest absolute Gasteiger partial charge is 0.315 e. The molecule has 0 aliphatic rings. The van der Waals surface area contributed by atoms with Gasteiger partial charge < -0.3 is 19.5 Å². The minimum Gasteiger partial charge on any atom is -0.494 e. The van der Waals surface area contributed by atoms with Crippen molar-refractivity contribution < 1.29 is 28.3 Å². The van der Waals surface area contributed by atoms with Crippen molar-refractivity contribution in [2.45, 2.75) is 33.6 Å². The highest BCUT2D eigenvalue weighted by molar-refractivity contribution is 5.92. The van der Waals surface area contributed by atoms with Crippen molar-refractivity contribution in [3.05, 3.63) is 116 Å². The minimum absolute atomic E-state index is 0.0534. The van der Waals surface area contributed by atoms with Crippen LogP contribution in [-0.2, 0) is 4.79 Å². The van der Waals surface area contributed by atoms with Gasteiger partial charge >= 0.3 is 5.69 Å². The third kappa shape index (κ3) is 7.56. The molecule has 0 radical (unpaired) electrons. The highest BCUT2D eigenvalue weighted by Crippen LogP contribution is 2.38. The fourth-order valence-corrected chi connectivity index (χ4v) is 5.22. The Morgan fingerprint density at radius 3 is 2.55 bits per heavy atom. The molecule has 0 unspecified atom stereocenters. The van der Waals surface area contributed by atoms with E-state index in [-0.39, 0.29) is 34.5 Å². The van der Waals surface area contributed by atoms with Crippen molar-refractivity contribution in [3.8, 4) is 28.6 Å². The molecule has 1 N–H and O–H groups in total. The van der Waals surface area contributed by atoms with Crippen LogP contribution in [0.4, 0.5) is 15.8 Å². The van der Waals surface area contributed by atoms with Gasteiger partial charge in [-0.3, -0.25) is 19.7 Å². The molecule has 252 valence electrons. The molecule has 0 spiro atoms. The van der Waals surface area contributed by atoms with E-state index in [1.165, 1.54) is 43.7 Å². The molecule has 4 aromatic carbocycles. The highest BCUT2D eigenvalue weighted by atomic mass is 19.1. The van der Waals surface area contributed by atoms with Crippen LogP contribution in [0, 0.1) is 22.9 Å². The Hall–Kier alpha value is -6.11. The van der Waals surface area contributed by atoms with Crippen LogP contribution in [0.5, 0.6) is 17.2 Å². The Morgan fingerprint density at radius 2 is 1.86 bits per heavy atom. The largest absolute Gasteiger partial charge is 0.494 e. The molecule has 0 bridgehead atoms. The van der Waals surface area contributed by atoms with E-state index in [2.05, 4.69) is 10.4 Å². The maximum atomic E-state index is 13.9. The lowest BCUT2D eigenvalue weighted by Gasteiger charge is -2.18. The second kappa shape index (κ2) is 14.8. The topological polar surface area (TPSA) is 147 Å². The van der Waals surface area contributed by atoms with Crippen LogP contribution in [0.3, 0.4) is 0 Å². The summed E-state index contributed by atoms with van der Waals surface area (Å²) in [5.41, 5.74) is 2.33. The van der Waals surface area contributed by atoms with Crippen molar-refractivity contribution in [2.24, 2.45) is 5.10 Å². The van der Waals surface area contributed by atoms with E-state index in [0.29, 0.717) is 23.1 Å². The highest BCUT2D eigenvalue weighted by Gasteiger charge is 2.24. The minimum atomic E-state index is -0.689. The zero-order valence-electron chi connectivity index (χ0n) is 27.5. The van der Waals surface area contributed by atoms with Crippen LogP contribution in [0.2, 0.25) is 0 Å². The number of para-hydroxylation sites is 1. The number of hydrogen-bond donors (Lipinski definition) is 1. The summed E-state index contributed by atoms with van der Waals surface area (Å²) >= 11 is 0. The lowest BCUT2D eigenvalue weighted by Crippen LogP contribution is -2.21. The van der Waals surface area contributed by atoms with E-state index < -0.39 is 34.5 Å². The molecule has 1 aromatic heterocycles. The number of amides is 1. The van der Waals surface area contributed by atoms with Crippen molar-refractivity contribution in [3.63, 3.8) is 0 Å². The molecule has 0 aliphatic carbocycles. The second-order valence-electron chi connectivity index (χ2n) is 11.3. The number of aromatic nitrogens is 2. The van der Waals surface area contributed by atoms with E-state index in [1.54, 1.807) is 24.3 Å². The van der Waals surface area contributed by atoms with Gasteiger partial charge in [0, 0.05) is 22.9 Å². The second-order valence-corrected chi connectivity index (χ2v) is 11.3. The molecule has 0 aliphatic heterocycles. The van der Waals surface area contributed by atoms with E-state index in [0.717, 1.165) is 27.6 Å². The van der Waals surface area contributed by atoms with E-state index in [4.69, 9.17) is 19.2 Å². The quantitative estimate of drug-likeness (QED) is 0.0863. The van der Waals surface area contributed by atoms with Crippen LogP contribution >= 0.6 is 0 Å². The maximum absolute atomic E-state index is 13.9. The fraction of sp³-hybridized carbons (Fsp3) is 0.222. The molecule has 49 heavy (non-hydrogen) atoms. The zero-order chi connectivity index (χ0) is 35.2. The molecule has 13 heteroatoms. The molecule has 0 fully saturated rings. The normalized spacial score (nSPS) is 11.2. The van der Waals surface area contributed by atoms with E-state index >= 15 is 0 Å². The molecular weight excluding hydrogens is 633 g/mol. The number of hydrogen-bond acceptors (Lipinski definition) is 9. The lowest BCUT2D eigenvalue weighted by molar-refractivity contribution is -0.385. The molecule has 5 rings (SSSR count). The Kier molecular flexibility index (Phi) is 10.3. The van der Waals surface area contributed by atoms with Crippen molar-refractivity contribution in [2.75, 3.05) is 25.6 Å². The number of nitrogens with zero attached hydrogens (tertiary/aromatic N) is 4. The summed E-state index contributed by atoms with van der Waals surface area (Å²) in [6.45, 7) is 7.75. The number of nitrogens with one attached hydrogen (secondary N) is 1. The van der Waals surface area contributed by atoms with Gasteiger partial charge in [0.2, 0.25) is 5.75 Å². The van der Waals surface area contributed by atoms with Crippen LogP contribution in [0.25, 0.3) is 22.3 Å². The van der Waals surface area contributed by atoms with Crippen LogP contribution in [0.15, 0.2) is 82.7 Å². The summed E-state index contributed by atoms with van der Waals surface area (Å²) in [5.74, 6) is -0.451. The number of aryl methyl sites for hydroxylation is 1. The average molecular weight is 668 g/mol. The standard InChI is InChI=1S/C36H34FN5O7/c1-6-48-31-14-22(4)28(18-27(31)21(2)3)35-40-29-13-8-7-12-26(29)36(44)41(35)38-19-23-15-30(42(45)46)34(32(16-23)47-5)49-20-33(43)39-25-11-9-10-24(37)17-25/h7-19,21H,6,20H2,1-5H3,(H,39,43). The van der Waals surface area contributed by atoms with Crippen LogP contribution in [0.1, 0.15) is 43.4 Å². The molecule has 1 heterocycles. The Labute approximate surface area is 280 Å². The summed E-state index contributed by atoms with van der Waals surface area (Å²) < 4.78 is 31.5. The Balaban J connectivity index is 1.56. The molecule has 0 atom stereocenters. The molecule has 0 saturated heterocycles. The zero-order valence-corrected chi connectivity index (χ0v) is 27.5. The van der Waals surface area contributed by atoms with Crippen molar-refractivity contribution in [1.82, 2.24) is 9.66 Å². The first-order valence-electron chi connectivity index (χ1n) is 15.4. The van der Waals surface area contributed by atoms with Gasteiger partial charge in [0.1, 0.15) is 11.6 Å². The maximum Gasteiger partial charge on any atom is 0.315 e. The monoisotopic (exact) mass is 667 g/mol. The predicted molar refractivity (Wildman–Crippen MR) is 185 cm³/mol. The number of nitro benzene ring substituents is 1. The Bertz CT molecular complexity index is 2150. The number of carbonyl (C=O) groups is 1. The summed E-state index contributed by atoms with van der Waals surface area (Å²) in [5, 5.41) is 19.4. The number of benzene rings is 4. The summed E-state index contributed by atoms with van der Waals surface area (Å²) in [6.07, 6.45) is 1.28. The first-order valence-corrected chi connectivity index (χ1v) is 15.4. The van der Waals surface area contributed by atoms with Crippen LogP contribution < -0.4 is 25.1 Å². The third-order valence-electron chi connectivity index (χ3n) is 7.53. The molecule has 12 nitrogen and oxygen atoms in total. The molecular formula is C36H34FN5O7. The van der Waals surface area contributed by atoms with Gasteiger partial charge in [0.15, 0.2) is 18.2 Å². The van der Waals surface area contributed by atoms with Gasteiger partial charge in [-0.2, -0.15) is 9.78 Å². The van der Waals surface area contributed by atoms with E-state index in [9.17, 15) is 24.1 Å². The van der Waals surface area contributed by atoms with E-state index in [1.807, 2.05) is 39.8 Å².